The van der Waals surface area contributed by atoms with Crippen molar-refractivity contribution in [3.05, 3.63) is 28.8 Å². The molecule has 0 aliphatic heterocycles. The van der Waals surface area contributed by atoms with Crippen molar-refractivity contribution in [1.29, 1.82) is 0 Å². The van der Waals surface area contributed by atoms with E-state index in [4.69, 9.17) is 10.5 Å². The predicted molar refractivity (Wildman–Crippen MR) is 70.4 cm³/mol. The third kappa shape index (κ3) is 2.17. The molecule has 3 heteroatoms. The smallest absolute Gasteiger partial charge is 0.123 e. The third-order valence-corrected chi connectivity index (χ3v) is 3.85. The van der Waals surface area contributed by atoms with E-state index in [0.717, 1.165) is 18.6 Å². The summed E-state index contributed by atoms with van der Waals surface area (Å²) in [4.78, 5) is 0. The standard InChI is InChI=1S/C14H22N2O/c1-9-7-11(12(17-4)8-10(9)2)13(16-3)14(15)5-6-14/h7-8,13,16H,5-6,15H2,1-4H3. The van der Waals surface area contributed by atoms with Gasteiger partial charge in [0.15, 0.2) is 0 Å². The Hall–Kier alpha value is -1.06. The van der Waals surface area contributed by atoms with Crippen LogP contribution in [0.15, 0.2) is 12.1 Å². The molecule has 1 aromatic carbocycles. The summed E-state index contributed by atoms with van der Waals surface area (Å²) in [5.41, 5.74) is 9.95. The van der Waals surface area contributed by atoms with E-state index in [2.05, 4.69) is 31.3 Å². The van der Waals surface area contributed by atoms with Crippen LogP contribution in [-0.4, -0.2) is 19.7 Å². The van der Waals surface area contributed by atoms with E-state index in [0.29, 0.717) is 0 Å². The van der Waals surface area contributed by atoms with E-state index in [1.807, 2.05) is 7.05 Å². The zero-order chi connectivity index (χ0) is 12.6. The summed E-state index contributed by atoms with van der Waals surface area (Å²) < 4.78 is 5.49. The van der Waals surface area contributed by atoms with Crippen molar-refractivity contribution in [3.63, 3.8) is 0 Å². The molecule has 0 spiro atoms. The lowest BCUT2D eigenvalue weighted by molar-refractivity contribution is 0.386. The molecule has 0 heterocycles. The summed E-state index contributed by atoms with van der Waals surface area (Å²) >= 11 is 0. The minimum atomic E-state index is -0.0935. The molecule has 2 rings (SSSR count). The molecule has 1 atom stereocenters. The monoisotopic (exact) mass is 234 g/mol. The lowest BCUT2D eigenvalue weighted by atomic mass is 9.94. The molecule has 1 aliphatic carbocycles. The first kappa shape index (κ1) is 12.4. The van der Waals surface area contributed by atoms with E-state index >= 15 is 0 Å². The number of nitrogens with two attached hydrogens (primary N) is 1. The highest BCUT2D eigenvalue weighted by atomic mass is 16.5. The summed E-state index contributed by atoms with van der Waals surface area (Å²) in [5.74, 6) is 0.934. The zero-order valence-corrected chi connectivity index (χ0v) is 11.1. The van der Waals surface area contributed by atoms with Gasteiger partial charge in [-0.1, -0.05) is 6.07 Å². The molecule has 17 heavy (non-hydrogen) atoms. The zero-order valence-electron chi connectivity index (χ0n) is 11.1. The summed E-state index contributed by atoms with van der Waals surface area (Å²) in [6, 6.07) is 4.47. The van der Waals surface area contributed by atoms with Gasteiger partial charge in [0.2, 0.25) is 0 Å². The third-order valence-electron chi connectivity index (χ3n) is 3.85. The lowest BCUT2D eigenvalue weighted by Crippen LogP contribution is -2.38. The normalized spacial score (nSPS) is 18.9. The summed E-state index contributed by atoms with van der Waals surface area (Å²) in [5, 5.41) is 3.34. The Morgan fingerprint density at radius 3 is 2.35 bits per heavy atom. The van der Waals surface area contributed by atoms with Gasteiger partial charge < -0.3 is 15.8 Å². The van der Waals surface area contributed by atoms with E-state index in [1.54, 1.807) is 7.11 Å². The molecule has 0 aromatic heterocycles. The number of hydrogen-bond acceptors (Lipinski definition) is 3. The van der Waals surface area contributed by atoms with Gasteiger partial charge in [-0.15, -0.1) is 0 Å². The fraction of sp³-hybridized carbons (Fsp3) is 0.571. The molecule has 1 unspecified atom stereocenters. The SMILES string of the molecule is CNC(c1cc(C)c(C)cc1OC)C1(N)CC1. The van der Waals surface area contributed by atoms with Gasteiger partial charge in [0.05, 0.1) is 13.2 Å². The van der Waals surface area contributed by atoms with Gasteiger partial charge in [-0.25, -0.2) is 0 Å². The van der Waals surface area contributed by atoms with E-state index in [-0.39, 0.29) is 11.6 Å². The van der Waals surface area contributed by atoms with Crippen LogP contribution < -0.4 is 15.8 Å². The molecule has 94 valence electrons. The highest BCUT2D eigenvalue weighted by Gasteiger charge is 2.46. The number of benzene rings is 1. The van der Waals surface area contributed by atoms with Gasteiger partial charge in [-0.05, 0) is 50.9 Å². The van der Waals surface area contributed by atoms with Crippen LogP contribution >= 0.6 is 0 Å². The first-order valence-corrected chi connectivity index (χ1v) is 6.13. The van der Waals surface area contributed by atoms with E-state index in [9.17, 15) is 0 Å². The maximum Gasteiger partial charge on any atom is 0.123 e. The molecule has 1 aromatic rings. The number of hydrogen-bond donors (Lipinski definition) is 2. The van der Waals surface area contributed by atoms with Crippen LogP contribution in [-0.2, 0) is 0 Å². The van der Waals surface area contributed by atoms with Gasteiger partial charge >= 0.3 is 0 Å². The Bertz CT molecular complexity index is 424. The maximum absolute atomic E-state index is 6.33. The molecule has 0 radical (unpaired) electrons. The average Bonchev–Trinajstić information content (AvgIpc) is 3.03. The number of nitrogens with one attached hydrogen (secondary N) is 1. The first-order valence-electron chi connectivity index (χ1n) is 6.13. The van der Waals surface area contributed by atoms with Crippen molar-refractivity contribution >= 4 is 0 Å². The van der Waals surface area contributed by atoms with E-state index < -0.39 is 0 Å². The van der Waals surface area contributed by atoms with Crippen LogP contribution in [0.3, 0.4) is 0 Å². The van der Waals surface area contributed by atoms with Crippen molar-refractivity contribution in [2.45, 2.75) is 38.3 Å². The molecular weight excluding hydrogens is 212 g/mol. The second-order valence-corrected chi connectivity index (χ2v) is 5.13. The second kappa shape index (κ2) is 4.31. The molecule has 3 nitrogen and oxygen atoms in total. The van der Waals surface area contributed by atoms with Gasteiger partial charge in [0.25, 0.3) is 0 Å². The Morgan fingerprint density at radius 2 is 1.88 bits per heavy atom. The van der Waals surface area contributed by atoms with Gasteiger partial charge in [-0.2, -0.15) is 0 Å². The largest absolute Gasteiger partial charge is 0.496 e. The van der Waals surface area contributed by atoms with Crippen molar-refractivity contribution < 1.29 is 4.74 Å². The number of ether oxygens (including phenoxy) is 1. The fourth-order valence-electron chi connectivity index (χ4n) is 2.40. The Morgan fingerprint density at radius 1 is 1.29 bits per heavy atom. The van der Waals surface area contributed by atoms with Crippen molar-refractivity contribution in [2.75, 3.05) is 14.2 Å². The summed E-state index contributed by atoms with van der Waals surface area (Å²) in [6.45, 7) is 4.23. The summed E-state index contributed by atoms with van der Waals surface area (Å²) in [6.07, 6.45) is 2.16. The topological polar surface area (TPSA) is 47.3 Å². The highest BCUT2D eigenvalue weighted by molar-refractivity contribution is 5.45. The molecular formula is C14H22N2O. The lowest BCUT2D eigenvalue weighted by Gasteiger charge is -2.26. The molecule has 1 aliphatic rings. The number of likely N-dealkylation sites (N-methyl/N-ethyl adjacent to an activating group) is 1. The molecule has 3 N–H and O–H groups in total. The number of methoxy groups -OCH3 is 1. The van der Waals surface area contributed by atoms with Gasteiger partial charge in [-0.3, -0.25) is 0 Å². The van der Waals surface area contributed by atoms with Crippen LogP contribution in [0.4, 0.5) is 0 Å². The van der Waals surface area contributed by atoms with Crippen molar-refractivity contribution in [2.24, 2.45) is 5.73 Å². The number of rotatable bonds is 4. The van der Waals surface area contributed by atoms with Crippen LogP contribution in [0, 0.1) is 13.8 Å². The van der Waals surface area contributed by atoms with Gasteiger partial charge in [0.1, 0.15) is 5.75 Å². The van der Waals surface area contributed by atoms with Crippen LogP contribution in [0.5, 0.6) is 5.75 Å². The summed E-state index contributed by atoms with van der Waals surface area (Å²) in [7, 11) is 3.68. The second-order valence-electron chi connectivity index (χ2n) is 5.13. The molecule has 0 amide bonds. The Kier molecular flexibility index (Phi) is 3.15. The minimum absolute atomic E-state index is 0.0935. The van der Waals surface area contributed by atoms with Crippen molar-refractivity contribution in [3.8, 4) is 5.75 Å². The number of aryl methyl sites for hydroxylation is 2. The quantitative estimate of drug-likeness (QED) is 0.838. The molecule has 1 saturated carbocycles. The van der Waals surface area contributed by atoms with Crippen LogP contribution in [0.1, 0.15) is 35.6 Å². The minimum Gasteiger partial charge on any atom is -0.496 e. The first-order chi connectivity index (χ1) is 8.01. The average molecular weight is 234 g/mol. The van der Waals surface area contributed by atoms with E-state index in [1.165, 1.54) is 16.7 Å². The van der Waals surface area contributed by atoms with Crippen molar-refractivity contribution in [1.82, 2.24) is 5.32 Å². The molecule has 0 saturated heterocycles. The fourth-order valence-corrected chi connectivity index (χ4v) is 2.40. The Labute approximate surface area is 103 Å². The highest BCUT2D eigenvalue weighted by Crippen LogP contribution is 2.46. The molecule has 0 bridgehead atoms. The van der Waals surface area contributed by atoms with Gasteiger partial charge in [0, 0.05) is 11.1 Å². The van der Waals surface area contributed by atoms with Crippen LogP contribution in [0.25, 0.3) is 0 Å². The molecule has 1 fully saturated rings. The predicted octanol–water partition coefficient (Wildman–Crippen LogP) is 2.06. The maximum atomic E-state index is 6.33. The Balaban J connectivity index is 2.45. The van der Waals surface area contributed by atoms with Crippen LogP contribution in [0.2, 0.25) is 0 Å².